The van der Waals surface area contributed by atoms with E-state index >= 15 is 0 Å². The van der Waals surface area contributed by atoms with E-state index < -0.39 is 11.6 Å². The SMILES string of the molecule is Cl.O=C1NCCCCC1NC(=O)C1(n2cccn2)CCNCC1. The van der Waals surface area contributed by atoms with Crippen molar-refractivity contribution in [2.45, 2.75) is 43.7 Å². The Morgan fingerprint density at radius 2 is 2.09 bits per heavy atom. The molecule has 1 atom stereocenters. The van der Waals surface area contributed by atoms with Gasteiger partial charge in [0.15, 0.2) is 0 Å². The number of nitrogens with zero attached hydrogens (tertiary/aromatic N) is 2. The van der Waals surface area contributed by atoms with Crippen molar-refractivity contribution in [1.82, 2.24) is 25.7 Å². The Hall–Kier alpha value is -1.60. The van der Waals surface area contributed by atoms with Gasteiger partial charge in [-0.1, -0.05) is 0 Å². The third kappa shape index (κ3) is 3.67. The van der Waals surface area contributed by atoms with Crippen molar-refractivity contribution in [3.63, 3.8) is 0 Å². The highest BCUT2D eigenvalue weighted by Crippen LogP contribution is 2.27. The summed E-state index contributed by atoms with van der Waals surface area (Å²) in [4.78, 5) is 25.0. The summed E-state index contributed by atoms with van der Waals surface area (Å²) in [7, 11) is 0. The summed E-state index contributed by atoms with van der Waals surface area (Å²) < 4.78 is 1.75. The Kier molecular flexibility index (Phi) is 6.01. The summed E-state index contributed by atoms with van der Waals surface area (Å²) >= 11 is 0. The van der Waals surface area contributed by atoms with Gasteiger partial charge in [-0.05, 0) is 51.3 Å². The Balaban J connectivity index is 0.00000192. The van der Waals surface area contributed by atoms with Gasteiger partial charge in [0, 0.05) is 18.9 Å². The minimum atomic E-state index is -0.693. The first-order valence-electron chi connectivity index (χ1n) is 8.02. The van der Waals surface area contributed by atoms with Gasteiger partial charge in [-0.25, -0.2) is 0 Å². The Labute approximate surface area is 142 Å². The number of piperidine rings is 1. The maximum absolute atomic E-state index is 13.0. The van der Waals surface area contributed by atoms with Gasteiger partial charge in [0.1, 0.15) is 11.6 Å². The number of hydrogen-bond acceptors (Lipinski definition) is 4. The van der Waals surface area contributed by atoms with Crippen molar-refractivity contribution in [2.75, 3.05) is 19.6 Å². The van der Waals surface area contributed by atoms with E-state index in [-0.39, 0.29) is 24.2 Å². The van der Waals surface area contributed by atoms with Crippen LogP contribution in [0.1, 0.15) is 32.1 Å². The standard InChI is InChI=1S/C15H23N5O2.ClH/c21-13-12(4-1-2-7-17-13)19-14(22)15(5-9-16-10-6-15)20-11-3-8-18-20;/h3,8,11-12,16H,1-2,4-7,9-10H2,(H,17,21)(H,19,22);1H. The van der Waals surface area contributed by atoms with E-state index in [0.717, 1.165) is 25.9 Å². The molecule has 0 saturated carbocycles. The molecular weight excluding hydrogens is 318 g/mol. The summed E-state index contributed by atoms with van der Waals surface area (Å²) in [6.45, 7) is 2.23. The molecule has 0 radical (unpaired) electrons. The van der Waals surface area contributed by atoms with E-state index in [2.05, 4.69) is 21.0 Å². The van der Waals surface area contributed by atoms with Crippen molar-refractivity contribution >= 4 is 24.2 Å². The van der Waals surface area contributed by atoms with Crippen LogP contribution >= 0.6 is 12.4 Å². The largest absolute Gasteiger partial charge is 0.354 e. The van der Waals surface area contributed by atoms with Crippen LogP contribution in [0.15, 0.2) is 18.5 Å². The molecule has 0 bridgehead atoms. The molecule has 1 aromatic rings. The smallest absolute Gasteiger partial charge is 0.248 e. The summed E-state index contributed by atoms with van der Waals surface area (Å²) in [6.07, 6.45) is 7.48. The Morgan fingerprint density at radius 3 is 2.78 bits per heavy atom. The number of nitrogens with one attached hydrogen (secondary N) is 3. The fourth-order valence-corrected chi connectivity index (χ4v) is 3.29. The first-order valence-corrected chi connectivity index (χ1v) is 8.02. The third-order valence-electron chi connectivity index (χ3n) is 4.64. The minimum Gasteiger partial charge on any atom is -0.354 e. The lowest BCUT2D eigenvalue weighted by Crippen LogP contribution is -2.58. The zero-order chi connectivity index (χ0) is 15.4. The van der Waals surface area contributed by atoms with Crippen LogP contribution in [0.5, 0.6) is 0 Å². The van der Waals surface area contributed by atoms with Crippen molar-refractivity contribution in [2.24, 2.45) is 0 Å². The van der Waals surface area contributed by atoms with Crippen molar-refractivity contribution < 1.29 is 9.59 Å². The second-order valence-corrected chi connectivity index (χ2v) is 6.05. The van der Waals surface area contributed by atoms with E-state index in [9.17, 15) is 9.59 Å². The molecule has 23 heavy (non-hydrogen) atoms. The zero-order valence-electron chi connectivity index (χ0n) is 13.1. The lowest BCUT2D eigenvalue weighted by atomic mass is 9.87. The minimum absolute atomic E-state index is 0. The maximum atomic E-state index is 13.0. The summed E-state index contributed by atoms with van der Waals surface area (Å²) in [5, 5.41) is 13.4. The van der Waals surface area contributed by atoms with Gasteiger partial charge in [0.25, 0.3) is 0 Å². The van der Waals surface area contributed by atoms with E-state index in [0.29, 0.717) is 25.8 Å². The van der Waals surface area contributed by atoms with Crippen LogP contribution in [0.3, 0.4) is 0 Å². The van der Waals surface area contributed by atoms with Crippen LogP contribution in [-0.4, -0.2) is 47.3 Å². The van der Waals surface area contributed by atoms with Crippen LogP contribution in [0, 0.1) is 0 Å². The maximum Gasteiger partial charge on any atom is 0.248 e. The molecule has 2 saturated heterocycles. The highest BCUT2D eigenvalue weighted by molar-refractivity contribution is 5.91. The van der Waals surface area contributed by atoms with E-state index in [4.69, 9.17) is 0 Å². The number of hydrogen-bond donors (Lipinski definition) is 3. The van der Waals surface area contributed by atoms with Crippen LogP contribution in [0.25, 0.3) is 0 Å². The van der Waals surface area contributed by atoms with E-state index in [1.54, 1.807) is 10.9 Å². The van der Waals surface area contributed by atoms with Crippen LogP contribution in [0.4, 0.5) is 0 Å². The first-order chi connectivity index (χ1) is 10.7. The van der Waals surface area contributed by atoms with Crippen molar-refractivity contribution in [1.29, 1.82) is 0 Å². The van der Waals surface area contributed by atoms with Crippen LogP contribution in [0.2, 0.25) is 0 Å². The second kappa shape index (κ2) is 7.79. The Morgan fingerprint density at radius 1 is 1.30 bits per heavy atom. The fraction of sp³-hybridized carbons (Fsp3) is 0.667. The monoisotopic (exact) mass is 341 g/mol. The highest BCUT2D eigenvalue weighted by Gasteiger charge is 2.43. The molecule has 1 unspecified atom stereocenters. The van der Waals surface area contributed by atoms with E-state index in [1.165, 1.54) is 0 Å². The number of carbonyl (C=O) groups is 2. The van der Waals surface area contributed by atoms with Crippen molar-refractivity contribution in [3.05, 3.63) is 18.5 Å². The molecule has 2 aliphatic rings. The summed E-state index contributed by atoms with van der Waals surface area (Å²) in [6, 6.07) is 1.40. The molecule has 0 spiro atoms. The van der Waals surface area contributed by atoms with Gasteiger partial charge < -0.3 is 16.0 Å². The average molecular weight is 342 g/mol. The zero-order valence-corrected chi connectivity index (χ0v) is 13.9. The average Bonchev–Trinajstić information content (AvgIpc) is 3.01. The summed E-state index contributed by atoms with van der Waals surface area (Å²) in [5.74, 6) is -0.171. The molecule has 3 N–H and O–H groups in total. The molecule has 8 heteroatoms. The normalized spacial score (nSPS) is 24.0. The lowest BCUT2D eigenvalue weighted by Gasteiger charge is -2.37. The molecule has 2 aliphatic heterocycles. The molecule has 0 aliphatic carbocycles. The molecule has 128 valence electrons. The van der Waals surface area contributed by atoms with Crippen LogP contribution < -0.4 is 16.0 Å². The van der Waals surface area contributed by atoms with Gasteiger partial charge in [-0.15, -0.1) is 12.4 Å². The van der Waals surface area contributed by atoms with Gasteiger partial charge >= 0.3 is 0 Å². The lowest BCUT2D eigenvalue weighted by molar-refractivity contribution is -0.136. The van der Waals surface area contributed by atoms with Crippen LogP contribution in [-0.2, 0) is 15.1 Å². The molecule has 3 heterocycles. The first kappa shape index (κ1) is 17.7. The third-order valence-corrected chi connectivity index (χ3v) is 4.64. The predicted octanol–water partition coefficient (Wildman–Crippen LogP) is 0.169. The molecule has 0 aromatic carbocycles. The Bertz CT molecular complexity index is 528. The molecule has 3 rings (SSSR count). The highest BCUT2D eigenvalue weighted by atomic mass is 35.5. The van der Waals surface area contributed by atoms with E-state index in [1.807, 2.05) is 12.3 Å². The quantitative estimate of drug-likeness (QED) is 0.731. The molecule has 2 fully saturated rings. The summed E-state index contributed by atoms with van der Waals surface area (Å²) in [5.41, 5.74) is -0.693. The number of rotatable bonds is 3. The number of aromatic nitrogens is 2. The number of amides is 2. The topological polar surface area (TPSA) is 88.1 Å². The fourth-order valence-electron chi connectivity index (χ4n) is 3.29. The molecule has 2 amide bonds. The number of halogens is 1. The number of carbonyl (C=O) groups excluding carboxylic acids is 2. The van der Waals surface area contributed by atoms with Gasteiger partial charge in [-0.2, -0.15) is 5.10 Å². The van der Waals surface area contributed by atoms with Gasteiger partial charge in [-0.3, -0.25) is 14.3 Å². The molecular formula is C15H24ClN5O2. The van der Waals surface area contributed by atoms with Crippen molar-refractivity contribution in [3.8, 4) is 0 Å². The molecule has 7 nitrogen and oxygen atoms in total. The van der Waals surface area contributed by atoms with Gasteiger partial charge in [0.05, 0.1) is 0 Å². The molecule has 1 aromatic heterocycles. The predicted molar refractivity (Wildman–Crippen MR) is 88.3 cm³/mol. The second-order valence-electron chi connectivity index (χ2n) is 6.05. The van der Waals surface area contributed by atoms with Gasteiger partial charge in [0.2, 0.25) is 11.8 Å².